The molecule has 0 atom stereocenters. The largest absolute Gasteiger partial charge is 0.278 e. The summed E-state index contributed by atoms with van der Waals surface area (Å²) >= 11 is 0. The van der Waals surface area contributed by atoms with Gasteiger partial charge in [-0.2, -0.15) is 9.97 Å². The van der Waals surface area contributed by atoms with Crippen LogP contribution < -0.4 is 20.7 Å². The normalized spacial score (nSPS) is 11.5. The Morgan fingerprint density at radius 2 is 0.527 bits per heavy atom. The van der Waals surface area contributed by atoms with Crippen LogP contribution in [0.5, 0.6) is 0 Å². The van der Waals surface area contributed by atoms with Gasteiger partial charge in [0, 0.05) is 38.6 Å². The van der Waals surface area contributed by atoms with Gasteiger partial charge >= 0.3 is 0 Å². The molecule has 3 aromatic heterocycles. The third kappa shape index (κ3) is 8.05. The maximum atomic E-state index is 5.32. The topological polar surface area (TPSA) is 82.3 Å². The van der Waals surface area contributed by atoms with E-state index in [9.17, 15) is 0 Å². The maximum absolute atomic E-state index is 5.32. The summed E-state index contributed by atoms with van der Waals surface area (Å²) in [5.41, 5.74) is 8.52. The first-order valence-corrected chi connectivity index (χ1v) is 26.8. The Morgan fingerprint density at radius 3 is 0.973 bits per heavy atom. The van der Waals surface area contributed by atoms with Crippen LogP contribution in [0.3, 0.4) is 0 Å². The highest BCUT2D eigenvalue weighted by atomic mass is 28.3. The number of hydrogen-bond donors (Lipinski definition) is 0. The second kappa shape index (κ2) is 19.1. The van der Waals surface area contributed by atoms with Crippen LogP contribution in [0.15, 0.2) is 273 Å². The Hall–Kier alpha value is -9.76. The zero-order chi connectivity index (χ0) is 49.3. The molecule has 74 heavy (non-hydrogen) atoms. The molecule has 0 spiro atoms. The van der Waals surface area contributed by atoms with Crippen molar-refractivity contribution in [2.45, 2.75) is 0 Å². The molecule has 0 bridgehead atoms. The summed E-state index contributed by atoms with van der Waals surface area (Å²) in [6.45, 7) is 0. The number of nitrogens with zero attached hydrogens (tertiary/aromatic N) is 7. The molecule has 348 valence electrons. The van der Waals surface area contributed by atoms with Gasteiger partial charge in [0.25, 0.3) is 0 Å². The molecule has 0 fully saturated rings. The van der Waals surface area contributed by atoms with E-state index < -0.39 is 8.07 Å². The van der Waals surface area contributed by atoms with Gasteiger partial charge in [0.2, 0.25) is 5.95 Å². The lowest BCUT2D eigenvalue weighted by molar-refractivity contribution is 0.953. The van der Waals surface area contributed by atoms with Crippen LogP contribution in [0, 0.1) is 0 Å². The lowest BCUT2D eigenvalue weighted by atomic mass is 10.0. The molecular weight excluding hydrogens is 919 g/mol. The fraction of sp³-hybridized carbons (Fsp3) is 0. The number of rotatable bonds is 11. The number of hydrogen-bond acceptors (Lipinski definition) is 6. The molecule has 0 saturated heterocycles. The molecular formula is C66H45N7Si. The Kier molecular flexibility index (Phi) is 11.4. The molecule has 13 rings (SSSR count). The molecule has 0 N–H and O–H groups in total. The molecule has 0 unspecified atom stereocenters. The lowest BCUT2D eigenvalue weighted by Gasteiger charge is -2.34. The molecule has 0 amide bonds. The minimum Gasteiger partial charge on any atom is -0.278 e. The van der Waals surface area contributed by atoms with Crippen LogP contribution in [0.2, 0.25) is 0 Å². The van der Waals surface area contributed by atoms with Crippen molar-refractivity contribution in [3.05, 3.63) is 273 Å². The summed E-state index contributed by atoms with van der Waals surface area (Å²) in [6.07, 6.45) is 0. The second-order valence-electron chi connectivity index (χ2n) is 18.3. The van der Waals surface area contributed by atoms with Gasteiger partial charge in [-0.25, -0.2) is 19.9 Å². The van der Waals surface area contributed by atoms with Crippen molar-refractivity contribution >= 4 is 50.6 Å². The van der Waals surface area contributed by atoms with Gasteiger partial charge in [0.15, 0.2) is 37.2 Å². The Morgan fingerprint density at radius 1 is 0.230 bits per heavy atom. The molecule has 8 heteroatoms. The van der Waals surface area contributed by atoms with Gasteiger partial charge < -0.3 is 0 Å². The summed E-state index contributed by atoms with van der Waals surface area (Å²) in [5.74, 6) is 3.50. The Labute approximate surface area is 429 Å². The molecule has 0 aliphatic heterocycles. The van der Waals surface area contributed by atoms with E-state index in [0.717, 1.165) is 60.8 Å². The molecule has 0 aliphatic carbocycles. The molecule has 3 heterocycles. The van der Waals surface area contributed by atoms with E-state index in [1.54, 1.807) is 0 Å². The van der Waals surface area contributed by atoms with Gasteiger partial charge in [-0.3, -0.25) is 4.57 Å². The summed E-state index contributed by atoms with van der Waals surface area (Å²) < 4.78 is 2.15. The fourth-order valence-corrected chi connectivity index (χ4v) is 15.2. The highest BCUT2D eigenvalue weighted by molar-refractivity contribution is 7.19. The quantitative estimate of drug-likeness (QED) is 0.0949. The third-order valence-corrected chi connectivity index (χ3v) is 18.6. The summed E-state index contributed by atoms with van der Waals surface area (Å²) in [7, 11) is -2.84. The minimum atomic E-state index is -2.84. The van der Waals surface area contributed by atoms with E-state index in [4.69, 9.17) is 29.9 Å². The third-order valence-electron chi connectivity index (χ3n) is 13.9. The van der Waals surface area contributed by atoms with Crippen LogP contribution in [0.25, 0.3) is 95.8 Å². The number of benzene rings is 10. The number of fused-ring (bicyclic) bond motifs is 3. The van der Waals surface area contributed by atoms with Crippen LogP contribution >= 0.6 is 0 Å². The zero-order valence-electron chi connectivity index (χ0n) is 40.1. The zero-order valence-corrected chi connectivity index (χ0v) is 41.1. The standard InChI is InChI=1S/C66H45N7Si/c1-6-23-46(24-7-1)61-67-63(70-64(68-61)52-31-22-38-56(45-52)74(53-32-10-3-11-33-53,54-34-12-4-13-35-54)55-36-14-5-15-37-55)50-29-20-27-48(43-50)49-28-21-30-51(44-49)65-69-62(47-25-8-2-9-26-47)71-66(72-65)73-59-41-18-16-39-57(59)58-40-17-19-42-60(58)73/h1-45H. The van der Waals surface area contributed by atoms with Crippen LogP contribution in [-0.2, 0) is 0 Å². The van der Waals surface area contributed by atoms with Crippen LogP contribution in [0.4, 0.5) is 0 Å². The van der Waals surface area contributed by atoms with Crippen molar-refractivity contribution in [3.8, 4) is 74.0 Å². The van der Waals surface area contributed by atoms with E-state index >= 15 is 0 Å². The minimum absolute atomic E-state index is 0.553. The van der Waals surface area contributed by atoms with Crippen molar-refractivity contribution in [2.75, 3.05) is 0 Å². The first-order chi connectivity index (χ1) is 36.7. The maximum Gasteiger partial charge on any atom is 0.238 e. The first-order valence-electron chi connectivity index (χ1n) is 24.8. The molecule has 10 aromatic carbocycles. The molecule has 13 aromatic rings. The number of aromatic nitrogens is 7. The van der Waals surface area contributed by atoms with Crippen molar-refractivity contribution in [3.63, 3.8) is 0 Å². The van der Waals surface area contributed by atoms with Crippen molar-refractivity contribution in [2.24, 2.45) is 0 Å². The molecule has 0 saturated carbocycles. The average Bonchev–Trinajstić information content (AvgIpc) is 3.83. The van der Waals surface area contributed by atoms with Gasteiger partial charge in [-0.15, -0.1) is 0 Å². The molecule has 7 nitrogen and oxygen atoms in total. The van der Waals surface area contributed by atoms with E-state index in [-0.39, 0.29) is 0 Å². The van der Waals surface area contributed by atoms with Crippen LogP contribution in [0.1, 0.15) is 0 Å². The molecule has 0 aliphatic rings. The van der Waals surface area contributed by atoms with E-state index in [1.807, 2.05) is 48.5 Å². The van der Waals surface area contributed by atoms with Gasteiger partial charge in [0.05, 0.1) is 11.0 Å². The van der Waals surface area contributed by atoms with E-state index in [0.29, 0.717) is 35.1 Å². The highest BCUT2D eigenvalue weighted by Crippen LogP contribution is 2.34. The first kappa shape index (κ1) is 44.2. The SMILES string of the molecule is c1ccc(-c2nc(-c3cccc(-c4cccc(-c5nc(-c6ccccc6)nc(-n6c7ccccc7c7ccccc76)n5)c4)c3)nc(-c3cccc([Si](c4ccccc4)(c4ccccc4)c4ccccc4)c3)n2)cc1. The van der Waals surface area contributed by atoms with Crippen molar-refractivity contribution < 1.29 is 0 Å². The predicted molar refractivity (Wildman–Crippen MR) is 304 cm³/mol. The van der Waals surface area contributed by atoms with E-state index in [1.165, 1.54) is 20.7 Å². The summed E-state index contributed by atoms with van der Waals surface area (Å²) in [5, 5.41) is 7.41. The van der Waals surface area contributed by atoms with Crippen molar-refractivity contribution in [1.29, 1.82) is 0 Å². The Balaban J connectivity index is 0.930. The second-order valence-corrected chi connectivity index (χ2v) is 22.1. The molecule has 0 radical (unpaired) electrons. The van der Waals surface area contributed by atoms with Gasteiger partial charge in [0.1, 0.15) is 0 Å². The highest BCUT2D eigenvalue weighted by Gasteiger charge is 2.41. The monoisotopic (exact) mass is 963 g/mol. The summed E-state index contributed by atoms with van der Waals surface area (Å²) in [4.78, 5) is 31.2. The smallest absolute Gasteiger partial charge is 0.238 e. The summed E-state index contributed by atoms with van der Waals surface area (Å²) in [6, 6.07) is 95.7. The predicted octanol–water partition coefficient (Wildman–Crippen LogP) is 12.5. The number of para-hydroxylation sites is 2. The van der Waals surface area contributed by atoms with Crippen molar-refractivity contribution in [1.82, 2.24) is 34.5 Å². The lowest BCUT2D eigenvalue weighted by Crippen LogP contribution is -2.74. The van der Waals surface area contributed by atoms with Crippen LogP contribution in [-0.4, -0.2) is 42.5 Å². The average molecular weight is 964 g/mol. The van der Waals surface area contributed by atoms with Gasteiger partial charge in [-0.05, 0) is 56.1 Å². The van der Waals surface area contributed by atoms with E-state index in [2.05, 4.69) is 229 Å². The Bertz CT molecular complexity index is 3980. The fourth-order valence-electron chi connectivity index (χ4n) is 10.4. The van der Waals surface area contributed by atoms with Gasteiger partial charge in [-0.1, -0.05) is 249 Å².